The van der Waals surface area contributed by atoms with Gasteiger partial charge in [-0.15, -0.1) is 24.0 Å². The first-order valence-electron chi connectivity index (χ1n) is 10.0. The standard InChI is InChI=1S/C21H32N6.HI/c1-4-22-21(23-10-6-12-27-13-7-11-24-27)26-16-14-25(15-17-26)20-9-5-8-18(2)19(20)3;/h5,7-9,11,13H,4,6,10,12,14-17H2,1-3H3,(H,22,23);1H. The fraction of sp³-hybridized carbons (Fsp3) is 0.524. The van der Waals surface area contributed by atoms with Crippen molar-refractivity contribution in [3.8, 4) is 0 Å². The highest BCUT2D eigenvalue weighted by molar-refractivity contribution is 14.0. The van der Waals surface area contributed by atoms with Crippen LogP contribution < -0.4 is 10.2 Å². The second kappa shape index (κ2) is 11.3. The van der Waals surface area contributed by atoms with Crippen molar-refractivity contribution in [1.29, 1.82) is 0 Å². The smallest absolute Gasteiger partial charge is 0.194 e. The van der Waals surface area contributed by atoms with Gasteiger partial charge in [0.25, 0.3) is 0 Å². The first-order chi connectivity index (χ1) is 13.2. The predicted octanol–water partition coefficient (Wildman–Crippen LogP) is 3.30. The SMILES string of the molecule is CCNC(=NCCCn1cccn1)N1CCN(c2cccc(C)c2C)CC1.I. The van der Waals surface area contributed by atoms with E-state index in [0.717, 1.165) is 58.2 Å². The highest BCUT2D eigenvalue weighted by Gasteiger charge is 2.20. The summed E-state index contributed by atoms with van der Waals surface area (Å²) in [5, 5.41) is 7.70. The van der Waals surface area contributed by atoms with Crippen molar-refractivity contribution in [3.63, 3.8) is 0 Å². The summed E-state index contributed by atoms with van der Waals surface area (Å²) in [7, 11) is 0. The second-order valence-electron chi connectivity index (χ2n) is 7.05. The molecule has 0 atom stereocenters. The monoisotopic (exact) mass is 496 g/mol. The Morgan fingerprint density at radius 2 is 1.93 bits per heavy atom. The fourth-order valence-corrected chi connectivity index (χ4v) is 3.51. The van der Waals surface area contributed by atoms with Crippen LogP contribution in [0.15, 0.2) is 41.7 Å². The molecule has 1 aliphatic rings. The molecule has 0 saturated carbocycles. The van der Waals surface area contributed by atoms with Gasteiger partial charge in [-0.25, -0.2) is 0 Å². The first kappa shape index (κ1) is 22.5. The lowest BCUT2D eigenvalue weighted by Gasteiger charge is -2.38. The molecule has 1 aromatic heterocycles. The van der Waals surface area contributed by atoms with Crippen LogP contribution in [0, 0.1) is 13.8 Å². The summed E-state index contributed by atoms with van der Waals surface area (Å²) in [5.74, 6) is 1.04. The lowest BCUT2D eigenvalue weighted by Crippen LogP contribution is -2.52. The highest BCUT2D eigenvalue weighted by atomic mass is 127. The van der Waals surface area contributed by atoms with E-state index in [-0.39, 0.29) is 24.0 Å². The van der Waals surface area contributed by atoms with Crippen molar-refractivity contribution in [2.75, 3.05) is 44.2 Å². The first-order valence-corrected chi connectivity index (χ1v) is 10.0. The Labute approximate surface area is 186 Å². The van der Waals surface area contributed by atoms with Crippen LogP contribution >= 0.6 is 24.0 Å². The summed E-state index contributed by atoms with van der Waals surface area (Å²) in [5.41, 5.74) is 4.13. The van der Waals surface area contributed by atoms with Gasteiger partial charge in [0.15, 0.2) is 5.96 Å². The lowest BCUT2D eigenvalue weighted by molar-refractivity contribution is 0.372. The minimum atomic E-state index is 0. The Bertz CT molecular complexity index is 735. The maximum absolute atomic E-state index is 4.84. The van der Waals surface area contributed by atoms with Crippen LogP contribution in [0.1, 0.15) is 24.5 Å². The van der Waals surface area contributed by atoms with E-state index in [9.17, 15) is 0 Å². The van der Waals surface area contributed by atoms with Gasteiger partial charge in [0.1, 0.15) is 0 Å². The zero-order valence-corrected chi connectivity index (χ0v) is 19.6. The summed E-state index contributed by atoms with van der Waals surface area (Å²) in [6.45, 7) is 13.2. The Balaban J connectivity index is 0.00000280. The van der Waals surface area contributed by atoms with Crippen LogP contribution in [0.3, 0.4) is 0 Å². The lowest BCUT2D eigenvalue weighted by atomic mass is 10.1. The molecular weight excluding hydrogens is 463 g/mol. The van der Waals surface area contributed by atoms with E-state index in [1.807, 2.05) is 23.1 Å². The van der Waals surface area contributed by atoms with Gasteiger partial charge in [0, 0.05) is 63.9 Å². The van der Waals surface area contributed by atoms with E-state index in [1.165, 1.54) is 16.8 Å². The van der Waals surface area contributed by atoms with Gasteiger partial charge in [-0.3, -0.25) is 9.67 Å². The molecule has 3 rings (SSSR count). The zero-order chi connectivity index (χ0) is 19.1. The second-order valence-corrected chi connectivity index (χ2v) is 7.05. The van der Waals surface area contributed by atoms with Gasteiger partial charge in [-0.1, -0.05) is 12.1 Å². The molecule has 0 unspecified atom stereocenters. The fourth-order valence-electron chi connectivity index (χ4n) is 3.51. The number of aryl methyl sites for hydroxylation is 2. The molecule has 1 aromatic carbocycles. The molecule has 28 heavy (non-hydrogen) atoms. The van der Waals surface area contributed by atoms with Crippen molar-refractivity contribution in [1.82, 2.24) is 20.0 Å². The predicted molar refractivity (Wildman–Crippen MR) is 128 cm³/mol. The molecule has 6 nitrogen and oxygen atoms in total. The summed E-state index contributed by atoms with van der Waals surface area (Å²) in [6.07, 6.45) is 4.82. The van der Waals surface area contributed by atoms with Gasteiger partial charge >= 0.3 is 0 Å². The van der Waals surface area contributed by atoms with Crippen LogP contribution in [-0.2, 0) is 6.54 Å². The molecule has 0 aliphatic carbocycles. The van der Waals surface area contributed by atoms with Crippen LogP contribution in [0.4, 0.5) is 5.69 Å². The molecule has 2 aromatic rings. The molecule has 1 aliphatic heterocycles. The molecule has 2 heterocycles. The Hall–Kier alpha value is -1.77. The maximum Gasteiger partial charge on any atom is 0.194 e. The molecule has 7 heteroatoms. The third kappa shape index (κ3) is 5.86. The van der Waals surface area contributed by atoms with E-state index in [4.69, 9.17) is 4.99 Å². The van der Waals surface area contributed by atoms with E-state index in [1.54, 1.807) is 0 Å². The normalized spacial score (nSPS) is 14.8. The van der Waals surface area contributed by atoms with Crippen LogP contribution in [0.25, 0.3) is 0 Å². The molecular formula is C21H33IN6. The van der Waals surface area contributed by atoms with Gasteiger partial charge in [0.2, 0.25) is 0 Å². The van der Waals surface area contributed by atoms with Crippen LogP contribution in [0.5, 0.6) is 0 Å². The number of nitrogens with zero attached hydrogens (tertiary/aromatic N) is 5. The average molecular weight is 496 g/mol. The Kier molecular flexibility index (Phi) is 9.08. The number of hydrogen-bond donors (Lipinski definition) is 1. The largest absolute Gasteiger partial charge is 0.368 e. The number of aromatic nitrogens is 2. The molecule has 154 valence electrons. The number of aliphatic imine (C=N–C) groups is 1. The number of piperazine rings is 1. The minimum Gasteiger partial charge on any atom is -0.368 e. The summed E-state index contributed by atoms with van der Waals surface area (Å²) in [6, 6.07) is 8.55. The summed E-state index contributed by atoms with van der Waals surface area (Å²) >= 11 is 0. The molecule has 0 spiro atoms. The van der Waals surface area contributed by atoms with Crippen molar-refractivity contribution < 1.29 is 0 Å². The number of benzene rings is 1. The van der Waals surface area contributed by atoms with Gasteiger partial charge in [0.05, 0.1) is 0 Å². The van der Waals surface area contributed by atoms with E-state index in [2.05, 4.69) is 59.2 Å². The van der Waals surface area contributed by atoms with Crippen molar-refractivity contribution >= 4 is 35.6 Å². The number of rotatable bonds is 6. The number of anilines is 1. The van der Waals surface area contributed by atoms with E-state index >= 15 is 0 Å². The zero-order valence-electron chi connectivity index (χ0n) is 17.3. The van der Waals surface area contributed by atoms with Crippen molar-refractivity contribution in [2.45, 2.75) is 33.7 Å². The van der Waals surface area contributed by atoms with E-state index in [0.29, 0.717) is 0 Å². The highest BCUT2D eigenvalue weighted by Crippen LogP contribution is 2.23. The molecule has 0 amide bonds. The third-order valence-corrected chi connectivity index (χ3v) is 5.20. The van der Waals surface area contributed by atoms with E-state index < -0.39 is 0 Å². The average Bonchev–Trinajstić information content (AvgIpc) is 3.20. The van der Waals surface area contributed by atoms with Crippen molar-refractivity contribution in [2.24, 2.45) is 4.99 Å². The summed E-state index contributed by atoms with van der Waals surface area (Å²) < 4.78 is 1.96. The quantitative estimate of drug-likeness (QED) is 0.289. The van der Waals surface area contributed by atoms with Crippen LogP contribution in [-0.4, -0.2) is 59.9 Å². The maximum atomic E-state index is 4.84. The molecule has 0 bridgehead atoms. The number of halogens is 1. The molecule has 1 N–H and O–H groups in total. The van der Waals surface area contributed by atoms with Gasteiger partial charge < -0.3 is 15.1 Å². The third-order valence-electron chi connectivity index (χ3n) is 5.20. The van der Waals surface area contributed by atoms with Gasteiger partial charge in [-0.2, -0.15) is 5.10 Å². The number of nitrogens with one attached hydrogen (secondary N) is 1. The van der Waals surface area contributed by atoms with Gasteiger partial charge in [-0.05, 0) is 50.5 Å². The molecule has 0 radical (unpaired) electrons. The molecule has 1 saturated heterocycles. The van der Waals surface area contributed by atoms with Crippen molar-refractivity contribution in [3.05, 3.63) is 47.8 Å². The number of hydrogen-bond acceptors (Lipinski definition) is 3. The minimum absolute atomic E-state index is 0. The Morgan fingerprint density at radius 1 is 1.14 bits per heavy atom. The summed E-state index contributed by atoms with van der Waals surface area (Å²) in [4.78, 5) is 9.73. The topological polar surface area (TPSA) is 48.7 Å². The number of guanidine groups is 1. The Morgan fingerprint density at radius 3 is 2.61 bits per heavy atom. The molecule has 1 fully saturated rings. The van der Waals surface area contributed by atoms with Crippen LogP contribution in [0.2, 0.25) is 0 Å².